The second-order valence-electron chi connectivity index (χ2n) is 6.82. The fourth-order valence-electron chi connectivity index (χ4n) is 4.03. The van der Waals surface area contributed by atoms with Gasteiger partial charge in [-0.2, -0.15) is 13.2 Å². The van der Waals surface area contributed by atoms with Crippen LogP contribution in [0.4, 0.5) is 13.2 Å². The first-order valence-corrected chi connectivity index (χ1v) is 7.61. The van der Waals surface area contributed by atoms with Gasteiger partial charge in [-0.3, -0.25) is 0 Å². The SMILES string of the molecule is Cc1ccc([C@]2(CC(F)(F)F)CC3(CCCC3)CO2)cc1. The maximum Gasteiger partial charge on any atom is 0.392 e. The third kappa shape index (κ3) is 2.96. The van der Waals surface area contributed by atoms with E-state index in [1.54, 1.807) is 12.1 Å². The molecule has 1 aliphatic heterocycles. The number of aryl methyl sites for hydroxylation is 1. The summed E-state index contributed by atoms with van der Waals surface area (Å²) in [5, 5.41) is 0. The minimum absolute atomic E-state index is 0.0316. The first kappa shape index (κ1) is 14.9. The number of alkyl halides is 3. The summed E-state index contributed by atoms with van der Waals surface area (Å²) in [5.74, 6) is 0. The molecule has 1 aromatic carbocycles. The van der Waals surface area contributed by atoms with Crippen LogP contribution in [0.2, 0.25) is 0 Å². The molecule has 1 saturated heterocycles. The predicted octanol–water partition coefficient (Wildman–Crippen LogP) is 5.12. The lowest BCUT2D eigenvalue weighted by atomic mass is 9.75. The highest BCUT2D eigenvalue weighted by atomic mass is 19.4. The lowest BCUT2D eigenvalue weighted by Crippen LogP contribution is -2.32. The van der Waals surface area contributed by atoms with Crippen LogP contribution in [-0.2, 0) is 10.3 Å². The van der Waals surface area contributed by atoms with E-state index in [0.29, 0.717) is 18.6 Å². The zero-order valence-electron chi connectivity index (χ0n) is 12.3. The van der Waals surface area contributed by atoms with Crippen LogP contribution in [0.5, 0.6) is 0 Å². The smallest absolute Gasteiger partial charge is 0.369 e. The Morgan fingerprint density at radius 3 is 2.29 bits per heavy atom. The van der Waals surface area contributed by atoms with Gasteiger partial charge in [-0.25, -0.2) is 0 Å². The molecule has 1 spiro atoms. The molecule has 1 nitrogen and oxygen atoms in total. The molecule has 116 valence electrons. The van der Waals surface area contributed by atoms with Crippen LogP contribution in [0.1, 0.15) is 49.7 Å². The van der Waals surface area contributed by atoms with Crippen molar-refractivity contribution in [2.45, 2.75) is 57.2 Å². The fourth-order valence-corrected chi connectivity index (χ4v) is 4.03. The van der Waals surface area contributed by atoms with Gasteiger partial charge in [-0.15, -0.1) is 0 Å². The first-order valence-electron chi connectivity index (χ1n) is 7.61. The molecule has 0 aromatic heterocycles. The molecule has 1 saturated carbocycles. The lowest BCUT2D eigenvalue weighted by molar-refractivity contribution is -0.181. The Morgan fingerprint density at radius 2 is 1.71 bits per heavy atom. The first-order chi connectivity index (χ1) is 9.83. The van der Waals surface area contributed by atoms with Crippen molar-refractivity contribution in [2.24, 2.45) is 5.41 Å². The number of ether oxygens (including phenoxy) is 1. The van der Waals surface area contributed by atoms with Crippen molar-refractivity contribution < 1.29 is 17.9 Å². The number of rotatable bonds is 2. The Morgan fingerprint density at radius 1 is 1.10 bits per heavy atom. The van der Waals surface area contributed by atoms with Gasteiger partial charge in [0.2, 0.25) is 0 Å². The van der Waals surface area contributed by atoms with Gasteiger partial charge in [0.1, 0.15) is 5.60 Å². The molecule has 0 N–H and O–H groups in total. The minimum atomic E-state index is -4.21. The summed E-state index contributed by atoms with van der Waals surface area (Å²) < 4.78 is 45.2. The second-order valence-corrected chi connectivity index (χ2v) is 6.82. The summed E-state index contributed by atoms with van der Waals surface area (Å²) in [4.78, 5) is 0. The summed E-state index contributed by atoms with van der Waals surface area (Å²) in [6.07, 6.45) is -0.377. The molecule has 2 fully saturated rings. The standard InChI is InChI=1S/C17H21F3O/c1-13-4-6-14(7-5-13)16(11-17(18,19)20)10-15(12-21-16)8-2-3-9-15/h4-7H,2-3,8-12H2,1H3/t16-/m1/s1. The average molecular weight is 298 g/mol. The van der Waals surface area contributed by atoms with E-state index in [-0.39, 0.29) is 5.41 Å². The second kappa shape index (κ2) is 5.01. The zero-order chi connectivity index (χ0) is 15.1. The summed E-state index contributed by atoms with van der Waals surface area (Å²) in [5.41, 5.74) is 0.510. The highest BCUT2D eigenvalue weighted by Crippen LogP contribution is 2.56. The molecule has 1 aromatic rings. The lowest BCUT2D eigenvalue weighted by Gasteiger charge is -2.31. The Hall–Kier alpha value is -1.03. The van der Waals surface area contributed by atoms with Gasteiger partial charge >= 0.3 is 6.18 Å². The van der Waals surface area contributed by atoms with Crippen molar-refractivity contribution >= 4 is 0 Å². The van der Waals surface area contributed by atoms with Crippen molar-refractivity contribution in [1.29, 1.82) is 0 Å². The molecular formula is C17H21F3O. The molecule has 21 heavy (non-hydrogen) atoms. The molecule has 1 aliphatic carbocycles. The molecule has 0 bridgehead atoms. The van der Waals surface area contributed by atoms with E-state index < -0.39 is 18.2 Å². The van der Waals surface area contributed by atoms with Gasteiger partial charge in [-0.05, 0) is 37.2 Å². The average Bonchev–Trinajstić information content (AvgIpc) is 2.98. The van der Waals surface area contributed by atoms with Crippen LogP contribution >= 0.6 is 0 Å². The molecule has 3 rings (SSSR count). The number of hydrogen-bond acceptors (Lipinski definition) is 1. The summed E-state index contributed by atoms with van der Waals surface area (Å²) in [6.45, 7) is 2.41. The highest BCUT2D eigenvalue weighted by molar-refractivity contribution is 5.29. The quantitative estimate of drug-likeness (QED) is 0.736. The van der Waals surface area contributed by atoms with Crippen LogP contribution in [0.25, 0.3) is 0 Å². The molecule has 0 unspecified atom stereocenters. The number of benzene rings is 1. The predicted molar refractivity (Wildman–Crippen MR) is 75.0 cm³/mol. The summed E-state index contributed by atoms with van der Waals surface area (Å²) >= 11 is 0. The Labute approximate surface area is 123 Å². The molecule has 1 atom stereocenters. The molecular weight excluding hydrogens is 277 g/mol. The van der Waals surface area contributed by atoms with Gasteiger partial charge in [0.25, 0.3) is 0 Å². The zero-order valence-corrected chi connectivity index (χ0v) is 12.3. The van der Waals surface area contributed by atoms with Crippen molar-refractivity contribution in [2.75, 3.05) is 6.61 Å². The molecule has 2 aliphatic rings. The Balaban J connectivity index is 1.94. The van der Waals surface area contributed by atoms with Gasteiger partial charge < -0.3 is 4.74 Å². The molecule has 0 radical (unpaired) electrons. The third-order valence-corrected chi connectivity index (χ3v) is 5.04. The summed E-state index contributed by atoms with van der Waals surface area (Å²) in [6, 6.07) is 7.34. The number of halogens is 3. The maximum absolute atomic E-state index is 13.1. The fraction of sp³-hybridized carbons (Fsp3) is 0.647. The normalized spacial score (nSPS) is 28.4. The van der Waals surface area contributed by atoms with E-state index in [9.17, 15) is 13.2 Å². The third-order valence-electron chi connectivity index (χ3n) is 5.04. The van der Waals surface area contributed by atoms with Crippen LogP contribution < -0.4 is 0 Å². The van der Waals surface area contributed by atoms with Crippen LogP contribution in [0.15, 0.2) is 24.3 Å². The minimum Gasteiger partial charge on any atom is -0.369 e. The van der Waals surface area contributed by atoms with Crippen molar-refractivity contribution in [3.05, 3.63) is 35.4 Å². The Kier molecular flexibility index (Phi) is 3.55. The van der Waals surface area contributed by atoms with Crippen LogP contribution in [0.3, 0.4) is 0 Å². The summed E-state index contributed by atoms with van der Waals surface area (Å²) in [7, 11) is 0. The van der Waals surface area contributed by atoms with Crippen molar-refractivity contribution in [3.63, 3.8) is 0 Å². The Bertz CT molecular complexity index is 500. The van der Waals surface area contributed by atoms with Gasteiger partial charge in [0.15, 0.2) is 0 Å². The molecule has 4 heteroatoms. The topological polar surface area (TPSA) is 9.23 Å². The van der Waals surface area contributed by atoms with E-state index in [4.69, 9.17) is 4.74 Å². The van der Waals surface area contributed by atoms with Crippen molar-refractivity contribution in [3.8, 4) is 0 Å². The van der Waals surface area contributed by atoms with E-state index in [2.05, 4.69) is 0 Å². The van der Waals surface area contributed by atoms with E-state index >= 15 is 0 Å². The van der Waals surface area contributed by atoms with E-state index in [1.807, 2.05) is 19.1 Å². The van der Waals surface area contributed by atoms with Crippen molar-refractivity contribution in [1.82, 2.24) is 0 Å². The monoisotopic (exact) mass is 298 g/mol. The number of hydrogen-bond donors (Lipinski definition) is 0. The van der Waals surface area contributed by atoms with Crippen LogP contribution in [0, 0.1) is 12.3 Å². The maximum atomic E-state index is 13.1. The molecule has 0 amide bonds. The van der Waals surface area contributed by atoms with E-state index in [0.717, 1.165) is 31.2 Å². The van der Waals surface area contributed by atoms with Gasteiger partial charge in [0, 0.05) is 0 Å². The van der Waals surface area contributed by atoms with Gasteiger partial charge in [0.05, 0.1) is 13.0 Å². The largest absolute Gasteiger partial charge is 0.392 e. The van der Waals surface area contributed by atoms with Gasteiger partial charge in [-0.1, -0.05) is 42.7 Å². The van der Waals surface area contributed by atoms with Crippen LogP contribution in [-0.4, -0.2) is 12.8 Å². The highest BCUT2D eigenvalue weighted by Gasteiger charge is 2.55. The van der Waals surface area contributed by atoms with E-state index in [1.165, 1.54) is 0 Å². The molecule has 1 heterocycles.